The lowest BCUT2D eigenvalue weighted by molar-refractivity contribution is 0.314. The lowest BCUT2D eigenvalue weighted by atomic mass is 9.95. The summed E-state index contributed by atoms with van der Waals surface area (Å²) in [6.07, 6.45) is 6.74. The van der Waals surface area contributed by atoms with Crippen LogP contribution >= 0.6 is 11.3 Å². The van der Waals surface area contributed by atoms with Gasteiger partial charge in [0.15, 0.2) is 0 Å². The fourth-order valence-corrected chi connectivity index (χ4v) is 4.17. The van der Waals surface area contributed by atoms with Crippen LogP contribution in [0.25, 0.3) is 10.6 Å². The summed E-state index contributed by atoms with van der Waals surface area (Å²) < 4.78 is 24.9. The van der Waals surface area contributed by atoms with E-state index < -0.39 is 10.0 Å². The summed E-state index contributed by atoms with van der Waals surface area (Å²) in [6.45, 7) is 1.15. The first-order chi connectivity index (χ1) is 10.0. The summed E-state index contributed by atoms with van der Waals surface area (Å²) in [6, 6.07) is 4.01. The van der Waals surface area contributed by atoms with Gasteiger partial charge in [-0.25, -0.2) is 17.7 Å². The Bertz CT molecular complexity index is 696. The van der Waals surface area contributed by atoms with Crippen LogP contribution in [0.3, 0.4) is 0 Å². The van der Waals surface area contributed by atoms with Crippen LogP contribution in [0.5, 0.6) is 0 Å². The van der Waals surface area contributed by atoms with Gasteiger partial charge in [0.2, 0.25) is 10.0 Å². The van der Waals surface area contributed by atoms with Gasteiger partial charge in [-0.05, 0) is 25.0 Å². The molecule has 21 heavy (non-hydrogen) atoms. The van der Waals surface area contributed by atoms with Crippen molar-refractivity contribution in [2.75, 3.05) is 19.3 Å². The van der Waals surface area contributed by atoms with Crippen LogP contribution in [-0.4, -0.2) is 42.0 Å². The highest BCUT2D eigenvalue weighted by molar-refractivity contribution is 7.88. The number of thiazole rings is 1. The number of pyridine rings is 1. The standard InChI is InChI=1S/C14H17N3O2S2/c1-21(18,19)17-7-2-3-12(10-17)13-5-4-11(9-16-13)14-15-6-8-20-14/h4-6,8-9,12H,2-3,7,10H2,1H3/t12-/m1/s1. The molecule has 3 rings (SSSR count). The predicted molar refractivity (Wildman–Crippen MR) is 83.7 cm³/mol. The first-order valence-electron chi connectivity index (χ1n) is 6.85. The summed E-state index contributed by atoms with van der Waals surface area (Å²) in [4.78, 5) is 8.78. The van der Waals surface area contributed by atoms with Crippen LogP contribution in [-0.2, 0) is 10.0 Å². The molecule has 0 aromatic carbocycles. The van der Waals surface area contributed by atoms with Gasteiger partial charge >= 0.3 is 0 Å². The SMILES string of the molecule is CS(=O)(=O)N1CCC[C@@H](c2ccc(-c3nccs3)cn2)C1. The Hall–Kier alpha value is -1.31. The zero-order valence-electron chi connectivity index (χ0n) is 11.8. The minimum absolute atomic E-state index is 0.179. The summed E-state index contributed by atoms with van der Waals surface area (Å²) in [5.74, 6) is 0.179. The molecule has 2 aromatic heterocycles. The highest BCUT2D eigenvalue weighted by Gasteiger charge is 2.27. The quantitative estimate of drug-likeness (QED) is 0.870. The number of hydrogen-bond donors (Lipinski definition) is 0. The number of nitrogens with zero attached hydrogens (tertiary/aromatic N) is 3. The molecule has 1 aliphatic rings. The summed E-state index contributed by atoms with van der Waals surface area (Å²) in [5.41, 5.74) is 1.97. The minimum atomic E-state index is -3.11. The Balaban J connectivity index is 1.78. The second-order valence-corrected chi connectivity index (χ2v) is 8.15. The van der Waals surface area contributed by atoms with Crippen molar-refractivity contribution in [2.24, 2.45) is 0 Å². The monoisotopic (exact) mass is 323 g/mol. The molecule has 0 aliphatic carbocycles. The molecule has 0 N–H and O–H groups in total. The lowest BCUT2D eigenvalue weighted by Crippen LogP contribution is -2.38. The normalized spacial score (nSPS) is 20.5. The molecule has 1 atom stereocenters. The third kappa shape index (κ3) is 3.30. The molecule has 2 aromatic rings. The summed E-state index contributed by atoms with van der Waals surface area (Å²) in [7, 11) is -3.11. The Morgan fingerprint density at radius 1 is 1.33 bits per heavy atom. The van der Waals surface area contributed by atoms with Gasteiger partial charge in [0, 0.05) is 48.0 Å². The van der Waals surface area contributed by atoms with Gasteiger partial charge in [-0.3, -0.25) is 4.98 Å². The van der Waals surface area contributed by atoms with Gasteiger partial charge in [0.1, 0.15) is 5.01 Å². The van der Waals surface area contributed by atoms with Crippen LogP contribution in [0.1, 0.15) is 24.5 Å². The second-order valence-electron chi connectivity index (χ2n) is 5.27. The topological polar surface area (TPSA) is 63.2 Å². The molecule has 1 saturated heterocycles. The first-order valence-corrected chi connectivity index (χ1v) is 9.58. The number of piperidine rings is 1. The zero-order valence-corrected chi connectivity index (χ0v) is 13.4. The van der Waals surface area contributed by atoms with Gasteiger partial charge in [-0.2, -0.15) is 0 Å². The minimum Gasteiger partial charge on any atom is -0.260 e. The Labute approximate surface area is 128 Å². The number of sulfonamides is 1. The summed E-state index contributed by atoms with van der Waals surface area (Å²) >= 11 is 1.58. The van der Waals surface area contributed by atoms with E-state index in [9.17, 15) is 8.42 Å². The summed E-state index contributed by atoms with van der Waals surface area (Å²) in [5, 5.41) is 2.89. The molecule has 0 bridgehead atoms. The smallest absolute Gasteiger partial charge is 0.211 e. The molecule has 5 nitrogen and oxygen atoms in total. The van der Waals surface area contributed by atoms with E-state index in [1.165, 1.54) is 6.26 Å². The van der Waals surface area contributed by atoms with Crippen LogP contribution < -0.4 is 0 Å². The van der Waals surface area contributed by atoms with Crippen molar-refractivity contribution in [2.45, 2.75) is 18.8 Å². The molecular weight excluding hydrogens is 306 g/mol. The van der Waals surface area contributed by atoms with Crippen molar-refractivity contribution in [1.82, 2.24) is 14.3 Å². The van der Waals surface area contributed by atoms with Crippen molar-refractivity contribution >= 4 is 21.4 Å². The van der Waals surface area contributed by atoms with E-state index in [1.54, 1.807) is 21.8 Å². The van der Waals surface area contributed by atoms with Crippen molar-refractivity contribution in [3.05, 3.63) is 35.6 Å². The molecule has 1 aliphatic heterocycles. The Kier molecular flexibility index (Phi) is 4.05. The molecule has 7 heteroatoms. The van der Waals surface area contributed by atoms with E-state index >= 15 is 0 Å². The van der Waals surface area contributed by atoms with Crippen LogP contribution in [0.2, 0.25) is 0 Å². The number of hydrogen-bond acceptors (Lipinski definition) is 5. The first kappa shape index (κ1) is 14.6. The third-order valence-electron chi connectivity index (χ3n) is 3.74. The van der Waals surface area contributed by atoms with Gasteiger partial charge < -0.3 is 0 Å². The Morgan fingerprint density at radius 3 is 2.81 bits per heavy atom. The lowest BCUT2D eigenvalue weighted by Gasteiger charge is -2.30. The number of aromatic nitrogens is 2. The van der Waals surface area contributed by atoms with Crippen LogP contribution in [0.15, 0.2) is 29.9 Å². The van der Waals surface area contributed by atoms with E-state index in [2.05, 4.69) is 9.97 Å². The maximum atomic E-state index is 11.7. The van der Waals surface area contributed by atoms with Gasteiger partial charge in [-0.1, -0.05) is 0 Å². The van der Waals surface area contributed by atoms with Gasteiger partial charge in [0.05, 0.1) is 6.26 Å². The van der Waals surface area contributed by atoms with Crippen molar-refractivity contribution in [3.8, 4) is 10.6 Å². The molecule has 0 amide bonds. The van der Waals surface area contributed by atoms with Crippen LogP contribution in [0.4, 0.5) is 0 Å². The van der Waals surface area contributed by atoms with Crippen molar-refractivity contribution in [1.29, 1.82) is 0 Å². The van der Waals surface area contributed by atoms with Crippen molar-refractivity contribution < 1.29 is 8.42 Å². The van der Waals surface area contributed by atoms with Gasteiger partial charge in [-0.15, -0.1) is 11.3 Å². The Morgan fingerprint density at radius 2 is 2.19 bits per heavy atom. The van der Waals surface area contributed by atoms with E-state index in [4.69, 9.17) is 0 Å². The average molecular weight is 323 g/mol. The highest BCUT2D eigenvalue weighted by atomic mass is 32.2. The molecular formula is C14H17N3O2S2. The van der Waals surface area contributed by atoms with E-state index in [-0.39, 0.29) is 5.92 Å². The maximum absolute atomic E-state index is 11.7. The number of rotatable bonds is 3. The molecule has 3 heterocycles. The molecule has 112 valence electrons. The van der Waals surface area contributed by atoms with Crippen molar-refractivity contribution in [3.63, 3.8) is 0 Å². The molecule has 0 unspecified atom stereocenters. The molecule has 1 fully saturated rings. The molecule has 0 spiro atoms. The molecule has 0 radical (unpaired) electrons. The second kappa shape index (κ2) is 5.82. The molecule has 0 saturated carbocycles. The third-order valence-corrected chi connectivity index (χ3v) is 5.83. The van der Waals surface area contributed by atoms with E-state index in [0.717, 1.165) is 29.1 Å². The van der Waals surface area contributed by atoms with Gasteiger partial charge in [0.25, 0.3) is 0 Å². The maximum Gasteiger partial charge on any atom is 0.211 e. The largest absolute Gasteiger partial charge is 0.260 e. The fraction of sp³-hybridized carbons (Fsp3) is 0.429. The average Bonchev–Trinajstić information content (AvgIpc) is 3.01. The van der Waals surface area contributed by atoms with Crippen LogP contribution in [0, 0.1) is 0 Å². The van der Waals surface area contributed by atoms with E-state index in [1.807, 2.05) is 23.7 Å². The highest BCUT2D eigenvalue weighted by Crippen LogP contribution is 2.28. The fourth-order valence-electron chi connectivity index (χ4n) is 2.62. The predicted octanol–water partition coefficient (Wildman–Crippen LogP) is 2.34. The zero-order chi connectivity index (χ0) is 14.9. The van der Waals surface area contributed by atoms with E-state index in [0.29, 0.717) is 13.1 Å².